The predicted molar refractivity (Wildman–Crippen MR) is 129 cm³/mol. The SMILES string of the molecule is O=C(Nc1ccc(NS(=O)(=O)C(F)(F)F)cc1)[C@H](CC(=O)N1CC2CCC1CC2)Cc1ccccc1. The Morgan fingerprint density at radius 1 is 0.944 bits per heavy atom. The Bertz CT molecular complexity index is 1180. The Hall–Kier alpha value is -3.08. The average Bonchev–Trinajstić information content (AvgIpc) is 2.85. The molecule has 3 aliphatic rings. The zero-order valence-corrected chi connectivity index (χ0v) is 20.3. The first kappa shape index (κ1) is 26.0. The van der Waals surface area contributed by atoms with Gasteiger partial charge in [0.25, 0.3) is 0 Å². The third-order valence-corrected chi connectivity index (χ3v) is 7.97. The van der Waals surface area contributed by atoms with Gasteiger partial charge in [-0.1, -0.05) is 30.3 Å². The summed E-state index contributed by atoms with van der Waals surface area (Å²) in [7, 11) is -5.54. The fourth-order valence-electron chi connectivity index (χ4n) is 4.93. The summed E-state index contributed by atoms with van der Waals surface area (Å²) in [5.74, 6) is -0.562. The van der Waals surface area contributed by atoms with Crippen LogP contribution in [0.4, 0.5) is 24.5 Å². The first-order valence-corrected chi connectivity index (χ1v) is 13.3. The second kappa shape index (κ2) is 10.5. The molecule has 2 saturated heterocycles. The minimum absolute atomic E-state index is 0.0441. The summed E-state index contributed by atoms with van der Waals surface area (Å²) in [4.78, 5) is 28.3. The van der Waals surface area contributed by atoms with Crippen molar-refractivity contribution in [1.29, 1.82) is 0 Å². The van der Waals surface area contributed by atoms with Crippen molar-refractivity contribution in [2.75, 3.05) is 16.6 Å². The minimum atomic E-state index is -5.54. The Labute approximate surface area is 208 Å². The van der Waals surface area contributed by atoms with Crippen molar-refractivity contribution >= 4 is 33.2 Å². The summed E-state index contributed by atoms with van der Waals surface area (Å²) in [6, 6.07) is 14.4. The summed E-state index contributed by atoms with van der Waals surface area (Å²) < 4.78 is 61.8. The fourth-order valence-corrected chi connectivity index (χ4v) is 5.50. The summed E-state index contributed by atoms with van der Waals surface area (Å²) in [6.07, 6.45) is 4.67. The molecule has 0 aromatic heterocycles. The minimum Gasteiger partial charge on any atom is -0.339 e. The van der Waals surface area contributed by atoms with Crippen LogP contribution in [0.2, 0.25) is 0 Å². The quantitative estimate of drug-likeness (QED) is 0.531. The van der Waals surface area contributed by atoms with Gasteiger partial charge in [-0.3, -0.25) is 14.3 Å². The number of anilines is 2. The number of alkyl halides is 3. The van der Waals surface area contributed by atoms with Gasteiger partial charge in [-0.05, 0) is 67.9 Å². The van der Waals surface area contributed by atoms with Crippen molar-refractivity contribution < 1.29 is 31.2 Å². The molecule has 2 N–H and O–H groups in total. The van der Waals surface area contributed by atoms with Crippen LogP contribution in [0.25, 0.3) is 0 Å². The molecule has 2 bridgehead atoms. The molecule has 2 amide bonds. The molecule has 7 nitrogen and oxygen atoms in total. The van der Waals surface area contributed by atoms with Crippen molar-refractivity contribution in [2.45, 2.75) is 50.1 Å². The lowest BCUT2D eigenvalue weighted by Crippen LogP contribution is -2.51. The molecule has 2 aliphatic heterocycles. The predicted octanol–water partition coefficient (Wildman–Crippen LogP) is 4.54. The number of rotatable bonds is 8. The van der Waals surface area contributed by atoms with Crippen LogP contribution in [-0.4, -0.2) is 43.2 Å². The Morgan fingerprint density at radius 2 is 1.56 bits per heavy atom. The number of hydrogen-bond donors (Lipinski definition) is 2. The molecule has 0 unspecified atom stereocenters. The lowest BCUT2D eigenvalue weighted by Gasteiger charge is -2.45. The number of fused-ring (bicyclic) bond motifs is 3. The highest BCUT2D eigenvalue weighted by atomic mass is 32.2. The molecule has 2 aromatic rings. The maximum Gasteiger partial charge on any atom is 0.516 e. The van der Waals surface area contributed by atoms with Crippen LogP contribution in [0, 0.1) is 11.8 Å². The van der Waals surface area contributed by atoms with Gasteiger partial charge in [-0.25, -0.2) is 0 Å². The highest BCUT2D eigenvalue weighted by molar-refractivity contribution is 7.93. The molecule has 1 atom stereocenters. The van der Waals surface area contributed by atoms with E-state index in [2.05, 4.69) is 5.32 Å². The second-order valence-electron chi connectivity index (χ2n) is 9.43. The highest BCUT2D eigenvalue weighted by Gasteiger charge is 2.46. The summed E-state index contributed by atoms with van der Waals surface area (Å²) in [5.41, 5.74) is -4.55. The standard InChI is InChI=1S/C25H28F3N3O4S/c26-25(27,28)36(34,35)30-21-10-8-20(9-11-21)29-24(33)19(14-17-4-2-1-3-5-17)15-23(32)31-16-18-6-12-22(31)13-7-18/h1-5,8-11,18-19,22,30H,6-7,12-16H2,(H,29,33)/t18?,19-,22?/m0/s1. The molecule has 2 aromatic carbocycles. The van der Waals surface area contributed by atoms with E-state index in [1.807, 2.05) is 35.2 Å². The van der Waals surface area contributed by atoms with Crippen LogP contribution in [0.5, 0.6) is 0 Å². The van der Waals surface area contributed by atoms with Crippen molar-refractivity contribution in [3.8, 4) is 0 Å². The number of piperidine rings is 2. The van der Waals surface area contributed by atoms with Crippen molar-refractivity contribution in [3.63, 3.8) is 0 Å². The molecule has 3 fully saturated rings. The van der Waals surface area contributed by atoms with Gasteiger partial charge in [0.05, 0.1) is 5.92 Å². The Balaban J connectivity index is 1.45. The van der Waals surface area contributed by atoms with E-state index >= 15 is 0 Å². The van der Waals surface area contributed by atoms with E-state index in [1.165, 1.54) is 16.9 Å². The largest absolute Gasteiger partial charge is 0.516 e. The smallest absolute Gasteiger partial charge is 0.339 e. The number of halogens is 3. The zero-order valence-electron chi connectivity index (χ0n) is 19.5. The van der Waals surface area contributed by atoms with E-state index < -0.39 is 27.4 Å². The maximum atomic E-state index is 13.2. The van der Waals surface area contributed by atoms with Gasteiger partial charge >= 0.3 is 15.5 Å². The van der Waals surface area contributed by atoms with Crippen molar-refractivity contribution in [3.05, 3.63) is 60.2 Å². The maximum absolute atomic E-state index is 13.2. The molecular weight excluding hydrogens is 495 g/mol. The topological polar surface area (TPSA) is 95.6 Å². The summed E-state index contributed by atoms with van der Waals surface area (Å²) in [5, 5.41) is 2.72. The third-order valence-electron chi connectivity index (χ3n) is 6.86. The normalized spacial score (nSPS) is 20.6. The monoisotopic (exact) mass is 523 g/mol. The Kier molecular flexibility index (Phi) is 7.58. The Morgan fingerprint density at radius 3 is 2.11 bits per heavy atom. The second-order valence-corrected chi connectivity index (χ2v) is 11.1. The molecule has 1 saturated carbocycles. The van der Waals surface area contributed by atoms with Crippen LogP contribution >= 0.6 is 0 Å². The first-order chi connectivity index (χ1) is 17.0. The molecule has 36 heavy (non-hydrogen) atoms. The number of hydrogen-bond acceptors (Lipinski definition) is 4. The van der Waals surface area contributed by atoms with Crippen LogP contribution in [0.15, 0.2) is 54.6 Å². The van der Waals surface area contributed by atoms with Gasteiger partial charge in [-0.2, -0.15) is 21.6 Å². The van der Waals surface area contributed by atoms with Crippen LogP contribution < -0.4 is 10.0 Å². The van der Waals surface area contributed by atoms with E-state index in [-0.39, 0.29) is 29.7 Å². The number of amides is 2. The summed E-state index contributed by atoms with van der Waals surface area (Å²) in [6.45, 7) is 0.735. The van der Waals surface area contributed by atoms with E-state index in [1.54, 1.807) is 0 Å². The molecule has 5 rings (SSSR count). The molecule has 0 spiro atoms. The lowest BCUT2D eigenvalue weighted by molar-refractivity contribution is -0.141. The first-order valence-electron chi connectivity index (χ1n) is 11.9. The summed E-state index contributed by atoms with van der Waals surface area (Å²) >= 11 is 0. The number of benzene rings is 2. The number of carbonyl (C=O) groups excluding carboxylic acids is 2. The van der Waals surface area contributed by atoms with E-state index in [0.29, 0.717) is 12.3 Å². The van der Waals surface area contributed by atoms with Gasteiger partial charge in [0, 0.05) is 30.4 Å². The molecule has 194 valence electrons. The highest BCUT2D eigenvalue weighted by Crippen LogP contribution is 2.35. The van der Waals surface area contributed by atoms with Crippen LogP contribution in [0.3, 0.4) is 0 Å². The third kappa shape index (κ3) is 6.18. The number of nitrogens with one attached hydrogen (secondary N) is 2. The van der Waals surface area contributed by atoms with Crippen LogP contribution in [-0.2, 0) is 26.0 Å². The van der Waals surface area contributed by atoms with Gasteiger partial charge in [-0.15, -0.1) is 0 Å². The number of carbonyl (C=O) groups is 2. The lowest BCUT2D eigenvalue weighted by atomic mass is 9.79. The van der Waals surface area contributed by atoms with E-state index in [0.717, 1.165) is 49.9 Å². The number of sulfonamides is 1. The zero-order chi connectivity index (χ0) is 25.9. The van der Waals surface area contributed by atoms with Gasteiger partial charge < -0.3 is 10.2 Å². The molecule has 2 heterocycles. The van der Waals surface area contributed by atoms with E-state index in [9.17, 15) is 31.2 Å². The van der Waals surface area contributed by atoms with Gasteiger partial charge in [0.15, 0.2) is 0 Å². The average molecular weight is 524 g/mol. The van der Waals surface area contributed by atoms with E-state index in [4.69, 9.17) is 0 Å². The van der Waals surface area contributed by atoms with Gasteiger partial charge in [0.1, 0.15) is 0 Å². The molecule has 1 aliphatic carbocycles. The fraction of sp³-hybridized carbons (Fsp3) is 0.440. The number of nitrogens with zero attached hydrogens (tertiary/aromatic N) is 1. The molecule has 0 radical (unpaired) electrons. The van der Waals surface area contributed by atoms with Crippen molar-refractivity contribution in [2.24, 2.45) is 11.8 Å². The van der Waals surface area contributed by atoms with Crippen molar-refractivity contribution in [1.82, 2.24) is 4.90 Å². The van der Waals surface area contributed by atoms with Gasteiger partial charge in [0.2, 0.25) is 11.8 Å². The van der Waals surface area contributed by atoms with Crippen LogP contribution in [0.1, 0.15) is 37.7 Å². The molecular formula is C25H28F3N3O4S. The molecule has 11 heteroatoms.